The molecule has 0 saturated heterocycles. The van der Waals surface area contributed by atoms with Crippen molar-refractivity contribution >= 4 is 0 Å². The van der Waals surface area contributed by atoms with Crippen LogP contribution in [0, 0.1) is 10.1 Å². The summed E-state index contributed by atoms with van der Waals surface area (Å²) in [6.45, 7) is 0. The third-order valence-corrected chi connectivity index (χ3v) is 1.54. The van der Waals surface area contributed by atoms with E-state index in [1.54, 1.807) is 24.2 Å². The summed E-state index contributed by atoms with van der Waals surface area (Å²) in [7, 11) is 1.69. The first-order valence-corrected chi connectivity index (χ1v) is 3.13. The van der Waals surface area contributed by atoms with Crippen LogP contribution in [0.4, 0.5) is 0 Å². The van der Waals surface area contributed by atoms with E-state index < -0.39 is 11.1 Å². The molecule has 0 aliphatic carbocycles. The van der Waals surface area contributed by atoms with Gasteiger partial charge in [-0.2, -0.15) is 0 Å². The highest BCUT2D eigenvalue weighted by molar-refractivity contribution is 5.16. The molecule has 1 atom stereocenters. The van der Waals surface area contributed by atoms with E-state index in [0.717, 1.165) is 0 Å². The van der Waals surface area contributed by atoms with Gasteiger partial charge in [0.25, 0.3) is 5.70 Å². The average molecular weight is 155 g/mol. The molecule has 0 aromatic heterocycles. The van der Waals surface area contributed by atoms with Crippen molar-refractivity contribution in [3.8, 4) is 0 Å². The molecule has 5 nitrogen and oxygen atoms in total. The summed E-state index contributed by atoms with van der Waals surface area (Å²) >= 11 is 0. The molecule has 1 rings (SSSR count). The number of hydrogen-bond donors (Lipinski definition) is 1. The van der Waals surface area contributed by atoms with Crippen molar-refractivity contribution in [3.63, 3.8) is 0 Å². The molecule has 0 fully saturated rings. The summed E-state index contributed by atoms with van der Waals surface area (Å²) in [4.78, 5) is 11.4. The molecule has 0 spiro atoms. The standard InChI is InChI=1S/C6H9N3O2/c1-8-4-2-3-5(6(8)7)9(10)11/h2-4,6H,7H2,1H3. The van der Waals surface area contributed by atoms with Crippen molar-refractivity contribution in [1.29, 1.82) is 0 Å². The molecule has 1 aliphatic rings. The van der Waals surface area contributed by atoms with Gasteiger partial charge in [0.1, 0.15) is 0 Å². The van der Waals surface area contributed by atoms with E-state index in [0.29, 0.717) is 0 Å². The van der Waals surface area contributed by atoms with Crippen LogP contribution in [0.15, 0.2) is 24.0 Å². The van der Waals surface area contributed by atoms with E-state index in [4.69, 9.17) is 5.73 Å². The molecule has 1 heterocycles. The smallest absolute Gasteiger partial charge is 0.282 e. The quantitative estimate of drug-likeness (QED) is 0.423. The predicted molar refractivity (Wildman–Crippen MR) is 40.0 cm³/mol. The van der Waals surface area contributed by atoms with Crippen LogP contribution in [0.3, 0.4) is 0 Å². The van der Waals surface area contributed by atoms with Crippen LogP contribution in [-0.4, -0.2) is 23.0 Å². The largest absolute Gasteiger partial charge is 0.356 e. The van der Waals surface area contributed by atoms with Gasteiger partial charge in [-0.05, 0) is 6.08 Å². The lowest BCUT2D eigenvalue weighted by atomic mass is 10.2. The Hall–Kier alpha value is -1.36. The van der Waals surface area contributed by atoms with Crippen LogP contribution in [0.1, 0.15) is 0 Å². The molecule has 0 aromatic carbocycles. The van der Waals surface area contributed by atoms with Gasteiger partial charge in [-0.25, -0.2) is 0 Å². The van der Waals surface area contributed by atoms with Gasteiger partial charge in [-0.3, -0.25) is 10.1 Å². The van der Waals surface area contributed by atoms with Gasteiger partial charge in [0.15, 0.2) is 6.17 Å². The molecule has 0 amide bonds. The molecule has 0 bridgehead atoms. The minimum Gasteiger partial charge on any atom is -0.356 e. The SMILES string of the molecule is CN1C=CC=C([N+](=O)[O-])C1N. The molecular formula is C6H9N3O2. The van der Waals surface area contributed by atoms with Gasteiger partial charge in [0.2, 0.25) is 0 Å². The molecule has 5 heteroatoms. The normalized spacial score (nSPS) is 23.3. The Morgan fingerprint density at radius 3 is 2.91 bits per heavy atom. The number of nitro groups is 1. The predicted octanol–water partition coefficient (Wildman–Crippen LogP) is -0.109. The Bertz CT molecular complexity index is 234. The minimum absolute atomic E-state index is 0.0231. The van der Waals surface area contributed by atoms with Crippen LogP contribution in [0.5, 0.6) is 0 Å². The lowest BCUT2D eigenvalue weighted by Crippen LogP contribution is -2.41. The summed E-state index contributed by atoms with van der Waals surface area (Å²) in [5.41, 5.74) is 5.51. The van der Waals surface area contributed by atoms with E-state index in [-0.39, 0.29) is 5.70 Å². The van der Waals surface area contributed by atoms with Crippen LogP contribution < -0.4 is 5.73 Å². The number of likely N-dealkylation sites (N-methyl/N-ethyl adjacent to an activating group) is 1. The van der Waals surface area contributed by atoms with E-state index in [1.807, 2.05) is 0 Å². The van der Waals surface area contributed by atoms with E-state index in [9.17, 15) is 10.1 Å². The summed E-state index contributed by atoms with van der Waals surface area (Å²) < 4.78 is 0. The van der Waals surface area contributed by atoms with Crippen LogP contribution >= 0.6 is 0 Å². The van der Waals surface area contributed by atoms with Crippen molar-refractivity contribution < 1.29 is 4.92 Å². The molecule has 1 unspecified atom stereocenters. The van der Waals surface area contributed by atoms with Crippen molar-refractivity contribution in [1.82, 2.24) is 4.90 Å². The summed E-state index contributed by atoms with van der Waals surface area (Å²) in [6, 6.07) is 0. The van der Waals surface area contributed by atoms with E-state index in [2.05, 4.69) is 0 Å². The molecule has 60 valence electrons. The number of nitrogens with two attached hydrogens (primary N) is 1. The van der Waals surface area contributed by atoms with Gasteiger partial charge < -0.3 is 10.6 Å². The Kier molecular flexibility index (Phi) is 1.91. The first-order valence-electron chi connectivity index (χ1n) is 3.13. The fourth-order valence-corrected chi connectivity index (χ4v) is 0.846. The van der Waals surface area contributed by atoms with Gasteiger partial charge >= 0.3 is 0 Å². The fraction of sp³-hybridized carbons (Fsp3) is 0.333. The van der Waals surface area contributed by atoms with Crippen molar-refractivity contribution in [2.24, 2.45) is 5.73 Å². The zero-order valence-electron chi connectivity index (χ0n) is 6.10. The van der Waals surface area contributed by atoms with Crippen LogP contribution in [0.25, 0.3) is 0 Å². The highest BCUT2D eigenvalue weighted by Gasteiger charge is 2.24. The van der Waals surface area contributed by atoms with Gasteiger partial charge in [0.05, 0.1) is 4.92 Å². The second kappa shape index (κ2) is 2.71. The Morgan fingerprint density at radius 2 is 2.45 bits per heavy atom. The maximum absolute atomic E-state index is 10.3. The first-order chi connectivity index (χ1) is 5.13. The summed E-state index contributed by atoms with van der Waals surface area (Å²) in [5, 5.41) is 10.3. The highest BCUT2D eigenvalue weighted by Crippen LogP contribution is 2.10. The molecule has 2 N–H and O–H groups in total. The number of allylic oxidation sites excluding steroid dienone is 2. The number of rotatable bonds is 1. The molecular weight excluding hydrogens is 146 g/mol. The second-order valence-corrected chi connectivity index (χ2v) is 2.30. The molecule has 11 heavy (non-hydrogen) atoms. The maximum atomic E-state index is 10.3. The molecule has 0 aromatic rings. The van der Waals surface area contributed by atoms with Gasteiger partial charge in [-0.1, -0.05) is 0 Å². The highest BCUT2D eigenvalue weighted by atomic mass is 16.6. The van der Waals surface area contributed by atoms with Crippen molar-refractivity contribution in [2.75, 3.05) is 7.05 Å². The Labute approximate surface area is 63.9 Å². The summed E-state index contributed by atoms with van der Waals surface area (Å²) in [5.74, 6) is 0. The topological polar surface area (TPSA) is 72.4 Å². The van der Waals surface area contributed by atoms with Crippen molar-refractivity contribution in [2.45, 2.75) is 6.17 Å². The number of nitrogens with zero attached hydrogens (tertiary/aromatic N) is 2. The Morgan fingerprint density at radius 1 is 1.82 bits per heavy atom. The number of hydrogen-bond acceptors (Lipinski definition) is 4. The van der Waals surface area contributed by atoms with Gasteiger partial charge in [0, 0.05) is 19.3 Å². The van der Waals surface area contributed by atoms with Crippen LogP contribution in [-0.2, 0) is 0 Å². The van der Waals surface area contributed by atoms with Crippen LogP contribution in [0.2, 0.25) is 0 Å². The lowest BCUT2D eigenvalue weighted by Gasteiger charge is -2.22. The zero-order valence-corrected chi connectivity index (χ0v) is 6.10. The average Bonchev–Trinajstić information content (AvgIpc) is 1.94. The maximum Gasteiger partial charge on any atom is 0.282 e. The molecule has 1 aliphatic heterocycles. The lowest BCUT2D eigenvalue weighted by molar-refractivity contribution is -0.432. The van der Waals surface area contributed by atoms with Gasteiger partial charge in [-0.15, -0.1) is 0 Å². The minimum atomic E-state index is -0.630. The monoisotopic (exact) mass is 155 g/mol. The second-order valence-electron chi connectivity index (χ2n) is 2.30. The first kappa shape index (κ1) is 7.74. The molecule has 0 saturated carbocycles. The fourth-order valence-electron chi connectivity index (χ4n) is 0.846. The summed E-state index contributed by atoms with van der Waals surface area (Å²) in [6.07, 6.45) is 4.07. The third-order valence-electron chi connectivity index (χ3n) is 1.54. The van der Waals surface area contributed by atoms with E-state index >= 15 is 0 Å². The van der Waals surface area contributed by atoms with E-state index in [1.165, 1.54) is 6.08 Å². The van der Waals surface area contributed by atoms with Crippen molar-refractivity contribution in [3.05, 3.63) is 34.2 Å². The Balaban J connectivity index is 2.87. The molecule has 0 radical (unpaired) electrons. The zero-order chi connectivity index (χ0) is 8.43. The third kappa shape index (κ3) is 1.38.